The fourth-order valence-electron chi connectivity index (χ4n) is 1.91. The van der Waals surface area contributed by atoms with Gasteiger partial charge in [-0.3, -0.25) is 0 Å². The molecule has 2 aromatic heterocycles. The van der Waals surface area contributed by atoms with Crippen LogP contribution in [0.25, 0.3) is 10.3 Å². The maximum atomic E-state index is 6.00. The predicted octanol–water partition coefficient (Wildman–Crippen LogP) is 4.33. The lowest BCUT2D eigenvalue weighted by Crippen LogP contribution is -1.93. The van der Waals surface area contributed by atoms with Crippen LogP contribution in [0, 0.1) is 0 Å². The van der Waals surface area contributed by atoms with E-state index in [-0.39, 0.29) is 0 Å². The van der Waals surface area contributed by atoms with Gasteiger partial charge in [-0.15, -0.1) is 17.9 Å². The molecule has 3 aromatic rings. The molecular formula is C15H13N3OS2. The number of rotatable bonds is 5. The number of nitrogens with zero attached hydrogens (tertiary/aromatic N) is 3. The molecule has 0 atom stereocenters. The Morgan fingerprint density at radius 2 is 2.19 bits per heavy atom. The molecule has 2 heterocycles. The number of para-hydroxylation sites is 1. The molecule has 0 radical (unpaired) electrons. The molecule has 1 aromatic carbocycles. The second kappa shape index (κ2) is 6.24. The van der Waals surface area contributed by atoms with Crippen molar-refractivity contribution in [2.24, 2.45) is 0 Å². The monoisotopic (exact) mass is 315 g/mol. The van der Waals surface area contributed by atoms with Crippen LogP contribution in [0.1, 0.15) is 5.56 Å². The molecule has 3 rings (SSSR count). The van der Waals surface area contributed by atoms with E-state index in [1.165, 1.54) is 6.33 Å². The number of thiazole rings is 1. The van der Waals surface area contributed by atoms with Crippen molar-refractivity contribution in [1.29, 1.82) is 0 Å². The van der Waals surface area contributed by atoms with E-state index in [1.54, 1.807) is 23.1 Å². The number of benzene rings is 1. The summed E-state index contributed by atoms with van der Waals surface area (Å²) in [4.78, 5) is 12.9. The summed E-state index contributed by atoms with van der Waals surface area (Å²) in [6.45, 7) is 3.78. The first kappa shape index (κ1) is 14.0. The van der Waals surface area contributed by atoms with Crippen LogP contribution in [-0.4, -0.2) is 21.2 Å². The Morgan fingerprint density at radius 1 is 1.33 bits per heavy atom. The van der Waals surface area contributed by atoms with Crippen LogP contribution in [0.4, 0.5) is 0 Å². The minimum atomic E-state index is 0.550. The van der Waals surface area contributed by atoms with Gasteiger partial charge >= 0.3 is 0 Å². The highest BCUT2D eigenvalue weighted by atomic mass is 32.2. The molecular weight excluding hydrogens is 302 g/mol. The second-order valence-corrected chi connectivity index (χ2v) is 6.27. The molecule has 21 heavy (non-hydrogen) atoms. The first-order chi connectivity index (χ1) is 10.3. The van der Waals surface area contributed by atoms with Gasteiger partial charge in [0.1, 0.15) is 16.8 Å². The summed E-state index contributed by atoms with van der Waals surface area (Å²) in [7, 11) is 0. The third-order valence-electron chi connectivity index (χ3n) is 2.86. The fraction of sp³-hybridized carbons (Fsp3) is 0.133. The number of aromatic nitrogens is 3. The van der Waals surface area contributed by atoms with Crippen LogP contribution in [0.2, 0.25) is 0 Å². The van der Waals surface area contributed by atoms with E-state index in [2.05, 4.69) is 21.5 Å². The molecule has 0 N–H and O–H groups in total. The predicted molar refractivity (Wildman–Crippen MR) is 87.4 cm³/mol. The van der Waals surface area contributed by atoms with Crippen LogP contribution in [-0.2, 0) is 6.42 Å². The smallest absolute Gasteiger partial charge is 0.242 e. The van der Waals surface area contributed by atoms with E-state index in [9.17, 15) is 0 Å². The minimum absolute atomic E-state index is 0.550. The van der Waals surface area contributed by atoms with Crippen molar-refractivity contribution >= 4 is 33.4 Å². The summed E-state index contributed by atoms with van der Waals surface area (Å²) in [5, 5.41) is 0. The molecule has 0 saturated carbocycles. The van der Waals surface area contributed by atoms with E-state index in [0.717, 1.165) is 26.8 Å². The molecule has 0 fully saturated rings. The highest BCUT2D eigenvalue weighted by molar-refractivity contribution is 8.00. The topological polar surface area (TPSA) is 47.9 Å². The molecule has 6 heteroatoms. The third-order valence-corrected chi connectivity index (χ3v) is 4.87. The summed E-state index contributed by atoms with van der Waals surface area (Å²) in [5.41, 5.74) is 1.75. The first-order valence-electron chi connectivity index (χ1n) is 6.34. The highest BCUT2D eigenvalue weighted by Gasteiger charge is 2.13. The summed E-state index contributed by atoms with van der Waals surface area (Å²) < 4.78 is 7.82. The van der Waals surface area contributed by atoms with Crippen LogP contribution in [0.15, 0.2) is 47.6 Å². The molecule has 0 aliphatic heterocycles. The molecule has 0 spiro atoms. The van der Waals surface area contributed by atoms with E-state index >= 15 is 0 Å². The number of hydrogen-bond donors (Lipinski definition) is 0. The van der Waals surface area contributed by atoms with Gasteiger partial charge in [-0.1, -0.05) is 36.0 Å². The molecule has 0 aliphatic rings. The molecule has 0 saturated heterocycles. The molecule has 0 bridgehead atoms. The van der Waals surface area contributed by atoms with Crippen molar-refractivity contribution in [3.63, 3.8) is 0 Å². The average molecular weight is 315 g/mol. The van der Waals surface area contributed by atoms with Gasteiger partial charge in [-0.05, 0) is 24.3 Å². The van der Waals surface area contributed by atoms with Crippen LogP contribution < -0.4 is 4.74 Å². The third kappa shape index (κ3) is 2.91. The van der Waals surface area contributed by atoms with Gasteiger partial charge in [-0.25, -0.2) is 15.0 Å². The normalized spacial score (nSPS) is 10.7. The summed E-state index contributed by atoms with van der Waals surface area (Å²) >= 11 is 3.14. The van der Waals surface area contributed by atoms with Crippen LogP contribution in [0.5, 0.6) is 11.6 Å². The largest absolute Gasteiger partial charge is 0.437 e. The maximum Gasteiger partial charge on any atom is 0.242 e. The van der Waals surface area contributed by atoms with Gasteiger partial charge in [0, 0.05) is 0 Å². The van der Waals surface area contributed by atoms with Gasteiger partial charge in [-0.2, -0.15) is 0 Å². The summed E-state index contributed by atoms with van der Waals surface area (Å²) in [5.74, 6) is 1.34. The molecule has 4 nitrogen and oxygen atoms in total. The van der Waals surface area contributed by atoms with Gasteiger partial charge in [0.15, 0.2) is 9.99 Å². The molecule has 106 valence electrons. The van der Waals surface area contributed by atoms with Crippen molar-refractivity contribution in [2.75, 3.05) is 6.26 Å². The van der Waals surface area contributed by atoms with Gasteiger partial charge in [0.05, 0.1) is 0 Å². The SMILES string of the molecule is C=CCc1ccccc1Oc1ncnc2nc(SC)sc12. The number of fused-ring (bicyclic) bond motifs is 1. The Bertz CT molecular complexity index is 785. The Labute approximate surface area is 130 Å². The van der Waals surface area contributed by atoms with Crippen molar-refractivity contribution in [3.05, 3.63) is 48.8 Å². The molecule has 0 amide bonds. The zero-order valence-corrected chi connectivity index (χ0v) is 13.1. The Morgan fingerprint density at radius 3 is 3.00 bits per heavy atom. The Hall–Kier alpha value is -1.92. The lowest BCUT2D eigenvalue weighted by Gasteiger charge is -2.08. The Balaban J connectivity index is 2.02. The molecule has 0 aliphatic carbocycles. The lowest BCUT2D eigenvalue weighted by atomic mass is 10.1. The van der Waals surface area contributed by atoms with E-state index in [0.29, 0.717) is 11.5 Å². The number of allylic oxidation sites excluding steroid dienone is 1. The van der Waals surface area contributed by atoms with Crippen LogP contribution >= 0.6 is 23.1 Å². The van der Waals surface area contributed by atoms with E-state index in [1.807, 2.05) is 36.6 Å². The summed E-state index contributed by atoms with van der Waals surface area (Å²) in [6, 6.07) is 7.89. The number of ether oxygens (including phenoxy) is 1. The zero-order chi connectivity index (χ0) is 14.7. The first-order valence-corrected chi connectivity index (χ1v) is 8.38. The van der Waals surface area contributed by atoms with Gasteiger partial charge < -0.3 is 4.74 Å². The lowest BCUT2D eigenvalue weighted by molar-refractivity contribution is 0.464. The fourth-order valence-corrected chi connectivity index (χ4v) is 3.35. The standard InChI is InChI=1S/C15H13N3OS2/c1-3-6-10-7-4-5-8-11(10)19-14-12-13(16-9-17-14)18-15(20-2)21-12/h3-5,7-9H,1,6H2,2H3. The van der Waals surface area contributed by atoms with Gasteiger partial charge in [0.2, 0.25) is 5.88 Å². The molecule has 0 unspecified atom stereocenters. The maximum absolute atomic E-state index is 6.00. The second-order valence-electron chi connectivity index (χ2n) is 4.22. The van der Waals surface area contributed by atoms with Gasteiger partial charge in [0.25, 0.3) is 0 Å². The van der Waals surface area contributed by atoms with Crippen molar-refractivity contribution < 1.29 is 4.74 Å². The quantitative estimate of drug-likeness (QED) is 0.518. The van der Waals surface area contributed by atoms with Crippen molar-refractivity contribution in [2.45, 2.75) is 10.8 Å². The number of hydrogen-bond acceptors (Lipinski definition) is 6. The van der Waals surface area contributed by atoms with Crippen molar-refractivity contribution in [3.8, 4) is 11.6 Å². The minimum Gasteiger partial charge on any atom is -0.437 e. The van der Waals surface area contributed by atoms with E-state index in [4.69, 9.17) is 4.74 Å². The zero-order valence-electron chi connectivity index (χ0n) is 11.4. The van der Waals surface area contributed by atoms with Crippen molar-refractivity contribution in [1.82, 2.24) is 15.0 Å². The average Bonchev–Trinajstić information content (AvgIpc) is 2.94. The van der Waals surface area contributed by atoms with E-state index < -0.39 is 0 Å². The Kier molecular flexibility index (Phi) is 4.17. The number of thioether (sulfide) groups is 1. The summed E-state index contributed by atoms with van der Waals surface area (Å²) in [6.07, 6.45) is 6.09. The highest BCUT2D eigenvalue weighted by Crippen LogP contribution is 2.35. The van der Waals surface area contributed by atoms with Crippen LogP contribution in [0.3, 0.4) is 0 Å².